The minimum Gasteiger partial charge on any atom is -0.360 e. The van der Waals surface area contributed by atoms with Crippen molar-refractivity contribution in [3.05, 3.63) is 43.4 Å². The van der Waals surface area contributed by atoms with Gasteiger partial charge in [0.2, 0.25) is 5.95 Å². The summed E-state index contributed by atoms with van der Waals surface area (Å²) in [6.45, 7) is 8.14. The SMILES string of the molecule is Cc1cnc(C(C)Nc2ncc(Cl)c(NC(C)c3ncc(C)s3)n2)s1. The number of rotatable bonds is 6. The van der Waals surface area contributed by atoms with E-state index in [1.165, 1.54) is 9.75 Å². The molecular weight excluding hydrogens is 376 g/mol. The normalized spacial score (nSPS) is 13.5. The molecule has 132 valence electrons. The fraction of sp³-hybridized carbons (Fsp3) is 0.375. The summed E-state index contributed by atoms with van der Waals surface area (Å²) in [6.07, 6.45) is 5.33. The lowest BCUT2D eigenvalue weighted by atomic mass is 10.3. The molecule has 2 N–H and O–H groups in total. The molecule has 0 aliphatic heterocycles. The van der Waals surface area contributed by atoms with Crippen molar-refractivity contribution in [2.45, 2.75) is 39.8 Å². The molecule has 25 heavy (non-hydrogen) atoms. The van der Waals surface area contributed by atoms with E-state index < -0.39 is 0 Å². The van der Waals surface area contributed by atoms with E-state index in [4.69, 9.17) is 11.6 Å². The van der Waals surface area contributed by atoms with Crippen LogP contribution in [0.25, 0.3) is 0 Å². The van der Waals surface area contributed by atoms with Gasteiger partial charge in [-0.2, -0.15) is 4.98 Å². The van der Waals surface area contributed by atoms with Crippen molar-refractivity contribution in [2.75, 3.05) is 10.6 Å². The quantitative estimate of drug-likeness (QED) is 0.612. The molecule has 9 heteroatoms. The zero-order valence-electron chi connectivity index (χ0n) is 14.4. The summed E-state index contributed by atoms with van der Waals surface area (Å²) in [5, 5.41) is 9.05. The third-order valence-electron chi connectivity index (χ3n) is 3.46. The summed E-state index contributed by atoms with van der Waals surface area (Å²) < 4.78 is 0. The Morgan fingerprint density at radius 3 is 1.96 bits per heavy atom. The van der Waals surface area contributed by atoms with Gasteiger partial charge in [-0.3, -0.25) is 0 Å². The summed E-state index contributed by atoms with van der Waals surface area (Å²) in [7, 11) is 0. The Kier molecular flexibility index (Phi) is 5.51. The van der Waals surface area contributed by atoms with E-state index in [-0.39, 0.29) is 12.1 Å². The highest BCUT2D eigenvalue weighted by atomic mass is 35.5. The van der Waals surface area contributed by atoms with E-state index in [1.54, 1.807) is 28.9 Å². The van der Waals surface area contributed by atoms with Gasteiger partial charge in [-0.05, 0) is 27.7 Å². The smallest absolute Gasteiger partial charge is 0.225 e. The van der Waals surface area contributed by atoms with Gasteiger partial charge in [0.25, 0.3) is 0 Å². The average molecular weight is 395 g/mol. The fourth-order valence-electron chi connectivity index (χ4n) is 2.20. The summed E-state index contributed by atoms with van der Waals surface area (Å²) >= 11 is 9.55. The van der Waals surface area contributed by atoms with Crippen LogP contribution in [0.15, 0.2) is 18.6 Å². The highest BCUT2D eigenvalue weighted by molar-refractivity contribution is 7.11. The molecule has 0 aliphatic rings. The first-order valence-corrected chi connectivity index (χ1v) is 9.83. The number of hydrogen-bond acceptors (Lipinski definition) is 8. The second kappa shape index (κ2) is 7.63. The van der Waals surface area contributed by atoms with Gasteiger partial charge >= 0.3 is 0 Å². The van der Waals surface area contributed by atoms with Gasteiger partial charge in [0, 0.05) is 22.1 Å². The van der Waals surface area contributed by atoms with Gasteiger partial charge in [-0.25, -0.2) is 15.0 Å². The van der Waals surface area contributed by atoms with E-state index in [9.17, 15) is 0 Å². The summed E-state index contributed by atoms with van der Waals surface area (Å²) in [6, 6.07) is 0.0322. The maximum Gasteiger partial charge on any atom is 0.225 e. The largest absolute Gasteiger partial charge is 0.360 e. The molecule has 0 saturated heterocycles. The number of nitrogens with one attached hydrogen (secondary N) is 2. The van der Waals surface area contributed by atoms with Crippen molar-refractivity contribution in [1.82, 2.24) is 19.9 Å². The Morgan fingerprint density at radius 2 is 1.44 bits per heavy atom. The molecule has 3 heterocycles. The number of halogens is 1. The second-order valence-electron chi connectivity index (χ2n) is 5.74. The Hall–Kier alpha value is -1.77. The first kappa shape index (κ1) is 18.0. The molecule has 2 atom stereocenters. The highest BCUT2D eigenvalue weighted by Crippen LogP contribution is 2.28. The molecule has 0 amide bonds. The number of thiazole rings is 2. The number of aromatic nitrogens is 4. The molecule has 3 rings (SSSR count). The van der Waals surface area contributed by atoms with Crippen LogP contribution in [0.5, 0.6) is 0 Å². The topological polar surface area (TPSA) is 75.6 Å². The van der Waals surface area contributed by atoms with Crippen LogP contribution >= 0.6 is 34.3 Å². The van der Waals surface area contributed by atoms with Crippen molar-refractivity contribution < 1.29 is 0 Å². The number of nitrogens with zero attached hydrogens (tertiary/aromatic N) is 4. The second-order valence-corrected chi connectivity index (χ2v) is 8.68. The molecule has 0 saturated carbocycles. The van der Waals surface area contributed by atoms with Crippen LogP contribution in [0.1, 0.15) is 45.7 Å². The van der Waals surface area contributed by atoms with Gasteiger partial charge in [-0.1, -0.05) is 11.6 Å². The van der Waals surface area contributed by atoms with Gasteiger partial charge < -0.3 is 10.6 Å². The predicted molar refractivity (Wildman–Crippen MR) is 105 cm³/mol. The molecule has 0 spiro atoms. The Bertz CT molecular complexity index is 862. The standard InChI is InChI=1S/C16H19ClN6S2/c1-8-5-18-14(24-8)10(3)21-13-12(17)7-20-16(23-13)22-11(4)15-19-6-9(2)25-15/h5-7,10-11H,1-4H3,(H2,20,21,22,23). The molecular formula is C16H19ClN6S2. The lowest BCUT2D eigenvalue weighted by Gasteiger charge is -2.15. The van der Waals surface area contributed by atoms with Crippen LogP contribution in [0.3, 0.4) is 0 Å². The number of hydrogen-bond donors (Lipinski definition) is 2. The van der Waals surface area contributed by atoms with Gasteiger partial charge in [-0.15, -0.1) is 22.7 Å². The third kappa shape index (κ3) is 4.45. The summed E-state index contributed by atoms with van der Waals surface area (Å²) in [5.41, 5.74) is 0. The Labute approximate surface area is 159 Å². The number of aryl methyl sites for hydroxylation is 2. The molecule has 3 aromatic rings. The maximum absolute atomic E-state index is 6.25. The molecule has 0 bridgehead atoms. The first-order chi connectivity index (χ1) is 11.9. The molecule has 0 aliphatic carbocycles. The van der Waals surface area contributed by atoms with E-state index >= 15 is 0 Å². The van der Waals surface area contributed by atoms with Crippen LogP contribution < -0.4 is 10.6 Å². The van der Waals surface area contributed by atoms with Crippen LogP contribution in [0.4, 0.5) is 11.8 Å². The van der Waals surface area contributed by atoms with E-state index in [0.29, 0.717) is 16.8 Å². The zero-order chi connectivity index (χ0) is 18.0. The first-order valence-electron chi connectivity index (χ1n) is 7.82. The lowest BCUT2D eigenvalue weighted by molar-refractivity contribution is 0.836. The Morgan fingerprint density at radius 1 is 0.880 bits per heavy atom. The van der Waals surface area contributed by atoms with E-state index in [2.05, 4.69) is 30.6 Å². The van der Waals surface area contributed by atoms with E-state index in [0.717, 1.165) is 10.0 Å². The summed E-state index contributed by atoms with van der Waals surface area (Å²) in [4.78, 5) is 19.9. The molecule has 3 aromatic heterocycles. The van der Waals surface area contributed by atoms with Crippen LogP contribution in [0, 0.1) is 13.8 Å². The minimum absolute atomic E-state index is 0.0120. The van der Waals surface area contributed by atoms with Crippen LogP contribution in [-0.2, 0) is 0 Å². The fourth-order valence-corrected chi connectivity index (χ4v) is 3.90. The van der Waals surface area contributed by atoms with E-state index in [1.807, 2.05) is 40.1 Å². The monoisotopic (exact) mass is 394 g/mol. The predicted octanol–water partition coefficient (Wildman–Crippen LogP) is 5.01. The summed E-state index contributed by atoms with van der Waals surface area (Å²) in [5.74, 6) is 1.09. The van der Waals surface area contributed by atoms with Crippen molar-refractivity contribution >= 4 is 46.0 Å². The van der Waals surface area contributed by atoms with Crippen LogP contribution in [-0.4, -0.2) is 19.9 Å². The van der Waals surface area contributed by atoms with Gasteiger partial charge in [0.05, 0.1) is 18.3 Å². The minimum atomic E-state index is 0.0120. The Balaban J connectivity index is 1.73. The van der Waals surface area contributed by atoms with Gasteiger partial charge in [0.1, 0.15) is 15.0 Å². The molecule has 0 aromatic carbocycles. The van der Waals surface area contributed by atoms with Crippen molar-refractivity contribution in [3.8, 4) is 0 Å². The van der Waals surface area contributed by atoms with Gasteiger partial charge in [0.15, 0.2) is 5.82 Å². The maximum atomic E-state index is 6.25. The van der Waals surface area contributed by atoms with Crippen molar-refractivity contribution in [1.29, 1.82) is 0 Å². The molecule has 0 radical (unpaired) electrons. The number of anilines is 2. The van der Waals surface area contributed by atoms with Crippen molar-refractivity contribution in [2.24, 2.45) is 0 Å². The zero-order valence-corrected chi connectivity index (χ0v) is 16.8. The molecule has 2 unspecified atom stereocenters. The highest BCUT2D eigenvalue weighted by Gasteiger charge is 2.15. The van der Waals surface area contributed by atoms with Crippen LogP contribution in [0.2, 0.25) is 5.02 Å². The van der Waals surface area contributed by atoms with Crippen molar-refractivity contribution in [3.63, 3.8) is 0 Å². The average Bonchev–Trinajstić information content (AvgIpc) is 3.19. The molecule has 6 nitrogen and oxygen atoms in total. The lowest BCUT2D eigenvalue weighted by Crippen LogP contribution is -2.12. The molecule has 0 fully saturated rings. The third-order valence-corrected chi connectivity index (χ3v) is 5.93.